The van der Waals surface area contributed by atoms with Crippen LogP contribution in [-0.4, -0.2) is 62.7 Å². The number of amides is 1. The van der Waals surface area contributed by atoms with E-state index in [1.54, 1.807) is 12.1 Å². The molecule has 1 spiro atoms. The fraction of sp³-hybridized carbons (Fsp3) is 0.696. The van der Waals surface area contributed by atoms with E-state index in [1.807, 2.05) is 18.7 Å². The molecule has 1 N–H and O–H groups in total. The largest absolute Gasteiger partial charge is 0.494 e. The molecule has 1 aromatic carbocycles. The number of likely N-dealkylation sites (tertiary alicyclic amines) is 1. The highest BCUT2D eigenvalue weighted by molar-refractivity contribution is 7.91. The molecule has 1 aliphatic carbocycles. The minimum atomic E-state index is -3.42. The van der Waals surface area contributed by atoms with Gasteiger partial charge in [-0.25, -0.2) is 13.2 Å². The third kappa shape index (κ3) is 6.35. The number of hydrogen-bond acceptors (Lipinski definition) is 6. The van der Waals surface area contributed by atoms with Gasteiger partial charge in [-0.2, -0.15) is 0 Å². The molecule has 8 heteroatoms. The lowest BCUT2D eigenvalue weighted by atomic mass is 9.56. The Balaban J connectivity index is 1.32. The van der Waals surface area contributed by atoms with Crippen LogP contribution in [0.25, 0.3) is 0 Å². The van der Waals surface area contributed by atoms with Gasteiger partial charge in [0.2, 0.25) is 0 Å². The first kappa shape index (κ1) is 23.9. The third-order valence-electron chi connectivity index (χ3n) is 6.43. The number of carbonyl (C=O) groups is 1. The molecule has 1 amide bonds. The predicted octanol–water partition coefficient (Wildman–Crippen LogP) is 3.65. The fourth-order valence-corrected chi connectivity index (χ4v) is 5.79. The van der Waals surface area contributed by atoms with Crippen molar-refractivity contribution < 1.29 is 27.8 Å². The maximum Gasteiger partial charge on any atom is 0.410 e. The number of rotatable bonds is 9. The topological polar surface area (TPSA) is 93.1 Å². The lowest BCUT2D eigenvalue weighted by Crippen LogP contribution is -2.49. The summed E-state index contributed by atoms with van der Waals surface area (Å²) in [7, 11) is -3.42. The van der Waals surface area contributed by atoms with Crippen LogP contribution < -0.4 is 4.74 Å². The first-order chi connectivity index (χ1) is 14.7. The monoisotopic (exact) mass is 453 g/mol. The number of nitrogens with zero attached hydrogens (tertiary/aromatic N) is 1. The molecule has 1 aromatic rings. The molecule has 0 atom stereocenters. The van der Waals surface area contributed by atoms with Crippen LogP contribution in [0.1, 0.15) is 52.4 Å². The summed E-state index contributed by atoms with van der Waals surface area (Å²) in [4.78, 5) is 14.1. The molecule has 31 heavy (non-hydrogen) atoms. The Morgan fingerprint density at radius 1 is 1.19 bits per heavy atom. The highest BCUT2D eigenvalue weighted by Crippen LogP contribution is 2.54. The van der Waals surface area contributed by atoms with E-state index in [2.05, 4.69) is 0 Å². The first-order valence-corrected chi connectivity index (χ1v) is 12.9. The molecule has 0 bridgehead atoms. The average Bonchev–Trinajstić information content (AvgIpc) is 2.70. The van der Waals surface area contributed by atoms with Crippen LogP contribution in [0.2, 0.25) is 0 Å². The number of ether oxygens (including phenoxy) is 2. The normalized spacial score (nSPS) is 18.8. The van der Waals surface area contributed by atoms with Crippen molar-refractivity contribution in [1.82, 2.24) is 4.90 Å². The Morgan fingerprint density at radius 3 is 2.42 bits per heavy atom. The summed E-state index contributed by atoms with van der Waals surface area (Å²) in [5.41, 5.74) is 0.413. The van der Waals surface area contributed by atoms with E-state index in [1.165, 1.54) is 25.0 Å². The maximum atomic E-state index is 12.0. The van der Waals surface area contributed by atoms with Gasteiger partial charge in [0.25, 0.3) is 0 Å². The molecule has 174 valence electrons. The Bertz CT molecular complexity index is 820. The molecule has 7 nitrogen and oxygen atoms in total. The molecule has 1 saturated carbocycles. The molecule has 2 aliphatic rings. The quantitative estimate of drug-likeness (QED) is 0.574. The van der Waals surface area contributed by atoms with Crippen LogP contribution >= 0.6 is 0 Å². The summed E-state index contributed by atoms with van der Waals surface area (Å²) in [6.45, 7) is 5.58. The van der Waals surface area contributed by atoms with Gasteiger partial charge in [-0.1, -0.05) is 0 Å². The van der Waals surface area contributed by atoms with Gasteiger partial charge in [-0.05, 0) is 88.0 Å². The van der Waals surface area contributed by atoms with Gasteiger partial charge in [-0.3, -0.25) is 0 Å². The molecule has 0 radical (unpaired) electrons. The van der Waals surface area contributed by atoms with Crippen molar-refractivity contribution in [1.29, 1.82) is 0 Å². The maximum absolute atomic E-state index is 12.0. The lowest BCUT2D eigenvalue weighted by Gasteiger charge is -2.52. The van der Waals surface area contributed by atoms with Crippen molar-refractivity contribution in [2.75, 3.05) is 32.1 Å². The van der Waals surface area contributed by atoms with E-state index in [4.69, 9.17) is 14.6 Å². The molecule has 0 unspecified atom stereocenters. The van der Waals surface area contributed by atoms with Gasteiger partial charge in [-0.15, -0.1) is 0 Å². The van der Waals surface area contributed by atoms with Crippen molar-refractivity contribution in [3.8, 4) is 5.75 Å². The number of hydrogen-bond donors (Lipinski definition) is 1. The van der Waals surface area contributed by atoms with E-state index in [0.717, 1.165) is 44.7 Å². The zero-order valence-corrected chi connectivity index (χ0v) is 19.4. The number of piperidine rings is 1. The van der Waals surface area contributed by atoms with Crippen LogP contribution in [0.5, 0.6) is 5.75 Å². The van der Waals surface area contributed by atoms with Crippen LogP contribution in [-0.2, 0) is 14.6 Å². The Morgan fingerprint density at radius 2 is 1.84 bits per heavy atom. The second-order valence-corrected chi connectivity index (χ2v) is 11.3. The van der Waals surface area contributed by atoms with E-state index in [9.17, 15) is 13.2 Å². The second kappa shape index (κ2) is 10.2. The summed E-state index contributed by atoms with van der Waals surface area (Å²) in [5.74, 6) is 1.12. The Hall–Kier alpha value is -1.80. The van der Waals surface area contributed by atoms with Gasteiger partial charge >= 0.3 is 6.09 Å². The van der Waals surface area contributed by atoms with Crippen molar-refractivity contribution in [2.24, 2.45) is 11.3 Å². The number of sulfone groups is 1. The van der Waals surface area contributed by atoms with E-state index in [-0.39, 0.29) is 29.5 Å². The van der Waals surface area contributed by atoms with Gasteiger partial charge in [0.1, 0.15) is 5.75 Å². The number of aliphatic hydroxyl groups excluding tert-OH is 1. The molecule has 3 rings (SSSR count). The predicted molar refractivity (Wildman–Crippen MR) is 118 cm³/mol. The van der Waals surface area contributed by atoms with Crippen LogP contribution in [0, 0.1) is 11.3 Å². The van der Waals surface area contributed by atoms with Crippen LogP contribution in [0.15, 0.2) is 29.2 Å². The molecular weight excluding hydrogens is 418 g/mol. The fourth-order valence-electron chi connectivity index (χ4n) is 4.76. The van der Waals surface area contributed by atoms with Crippen molar-refractivity contribution in [3.63, 3.8) is 0 Å². The zero-order valence-electron chi connectivity index (χ0n) is 18.6. The summed E-state index contributed by atoms with van der Waals surface area (Å²) in [5, 5.41) is 8.85. The summed E-state index contributed by atoms with van der Waals surface area (Å²) >= 11 is 0. The molecular formula is C23H35NO6S. The van der Waals surface area contributed by atoms with Gasteiger partial charge < -0.3 is 19.5 Å². The Labute approximate surface area is 185 Å². The number of benzene rings is 1. The molecule has 1 heterocycles. The highest BCUT2D eigenvalue weighted by atomic mass is 32.2. The smallest absolute Gasteiger partial charge is 0.410 e. The second-order valence-electron chi connectivity index (χ2n) is 9.20. The van der Waals surface area contributed by atoms with E-state index < -0.39 is 9.84 Å². The zero-order chi connectivity index (χ0) is 22.5. The van der Waals surface area contributed by atoms with Crippen LogP contribution in [0.4, 0.5) is 4.79 Å². The van der Waals surface area contributed by atoms with Crippen molar-refractivity contribution >= 4 is 15.9 Å². The SMILES string of the molecule is CC(C)OC(=O)N1CCC2(CC1)CC(CCCOc1ccc(S(=O)(=O)CCO)cc1)C2. The summed E-state index contributed by atoms with van der Waals surface area (Å²) in [6.07, 6.45) is 6.45. The average molecular weight is 454 g/mol. The van der Waals surface area contributed by atoms with Crippen LogP contribution in [0.3, 0.4) is 0 Å². The molecule has 2 fully saturated rings. The molecule has 1 aliphatic heterocycles. The van der Waals surface area contributed by atoms with E-state index >= 15 is 0 Å². The highest BCUT2D eigenvalue weighted by Gasteiger charge is 2.46. The number of carbonyl (C=O) groups excluding carboxylic acids is 1. The van der Waals surface area contributed by atoms with Crippen molar-refractivity contribution in [3.05, 3.63) is 24.3 Å². The first-order valence-electron chi connectivity index (χ1n) is 11.3. The standard InChI is InChI=1S/C23H35NO6S/c1-18(2)30-22(26)24-11-9-23(10-12-24)16-19(17-23)4-3-14-29-20-5-7-21(8-6-20)31(27,28)15-13-25/h5-8,18-19,25H,3-4,9-17H2,1-2H3. The third-order valence-corrected chi connectivity index (χ3v) is 8.14. The summed E-state index contributed by atoms with van der Waals surface area (Å²) < 4.78 is 34.9. The summed E-state index contributed by atoms with van der Waals surface area (Å²) in [6, 6.07) is 6.39. The van der Waals surface area contributed by atoms with Crippen molar-refractivity contribution in [2.45, 2.75) is 63.4 Å². The Kier molecular flexibility index (Phi) is 7.86. The van der Waals surface area contributed by atoms with Gasteiger partial charge in [0.15, 0.2) is 9.84 Å². The molecule has 0 aromatic heterocycles. The van der Waals surface area contributed by atoms with Gasteiger partial charge in [0, 0.05) is 13.1 Å². The number of aliphatic hydroxyl groups is 1. The lowest BCUT2D eigenvalue weighted by molar-refractivity contribution is -0.0203. The minimum absolute atomic E-state index is 0.0732. The minimum Gasteiger partial charge on any atom is -0.494 e. The van der Waals surface area contributed by atoms with Gasteiger partial charge in [0.05, 0.1) is 30.0 Å². The molecule has 1 saturated heterocycles. The van der Waals surface area contributed by atoms with E-state index in [0.29, 0.717) is 17.8 Å².